The van der Waals surface area contributed by atoms with Gasteiger partial charge in [-0.15, -0.1) is 0 Å². The topological polar surface area (TPSA) is 60.9 Å². The number of hydrogen-bond acceptors (Lipinski definition) is 2. The Morgan fingerprint density at radius 1 is 1.21 bits per heavy atom. The van der Waals surface area contributed by atoms with E-state index in [1.807, 2.05) is 4.90 Å². The largest absolute Gasteiger partial charge is 0.480 e. The maximum atomic E-state index is 12.7. The van der Waals surface area contributed by atoms with Crippen LogP contribution in [0.1, 0.15) is 46.5 Å². The maximum absolute atomic E-state index is 12.7. The number of carbonyl (C=O) groups is 2. The number of likely N-dealkylation sites (tertiary alicyclic amines) is 2. The Hall–Kier alpha value is -1.26. The molecule has 0 spiro atoms. The van der Waals surface area contributed by atoms with Crippen molar-refractivity contribution in [1.82, 2.24) is 9.80 Å². The summed E-state index contributed by atoms with van der Waals surface area (Å²) in [5.41, 5.74) is -1.03. The van der Waals surface area contributed by atoms with E-state index in [4.69, 9.17) is 0 Å². The smallest absolute Gasteiger partial charge is 0.329 e. The van der Waals surface area contributed by atoms with E-state index < -0.39 is 11.5 Å². The molecule has 0 aromatic rings. The minimum absolute atomic E-state index is 0.0959. The van der Waals surface area contributed by atoms with E-state index in [1.165, 1.54) is 0 Å². The molecule has 2 saturated heterocycles. The summed E-state index contributed by atoms with van der Waals surface area (Å²) in [6, 6.07) is 0.0985. The number of carboxylic acids is 1. The van der Waals surface area contributed by atoms with Crippen molar-refractivity contribution < 1.29 is 14.7 Å². The number of carboxylic acid groups (broad SMARTS) is 1. The molecule has 3 atom stereocenters. The Bertz CT molecular complexity index is 385. The van der Waals surface area contributed by atoms with Crippen LogP contribution in [0.2, 0.25) is 0 Å². The lowest BCUT2D eigenvalue weighted by molar-refractivity contribution is -0.147. The average Bonchev–Trinajstić information content (AvgIpc) is 2.75. The number of amides is 2. The summed E-state index contributed by atoms with van der Waals surface area (Å²) >= 11 is 0. The van der Waals surface area contributed by atoms with E-state index in [-0.39, 0.29) is 12.1 Å². The fourth-order valence-corrected chi connectivity index (χ4v) is 3.25. The monoisotopic (exact) mass is 268 g/mol. The van der Waals surface area contributed by atoms with E-state index in [1.54, 1.807) is 11.8 Å². The predicted molar refractivity (Wildman–Crippen MR) is 71.9 cm³/mol. The van der Waals surface area contributed by atoms with Crippen molar-refractivity contribution >= 4 is 12.0 Å². The summed E-state index contributed by atoms with van der Waals surface area (Å²) in [6.07, 6.45) is 3.47. The summed E-state index contributed by atoms with van der Waals surface area (Å²) in [4.78, 5) is 27.5. The molecule has 5 nitrogen and oxygen atoms in total. The molecule has 2 amide bonds. The van der Waals surface area contributed by atoms with Gasteiger partial charge in [0.25, 0.3) is 0 Å². The summed E-state index contributed by atoms with van der Waals surface area (Å²) in [6.45, 7) is 7.19. The SMILES string of the molecule is CC1CCCN(C(=O)N2CCCC2(C)C(=O)O)C1C. The zero-order chi connectivity index (χ0) is 14.2. The van der Waals surface area contributed by atoms with Gasteiger partial charge in [-0.3, -0.25) is 0 Å². The van der Waals surface area contributed by atoms with E-state index in [0.717, 1.165) is 25.8 Å². The van der Waals surface area contributed by atoms with Crippen LogP contribution in [-0.4, -0.2) is 51.6 Å². The van der Waals surface area contributed by atoms with Crippen LogP contribution in [0.15, 0.2) is 0 Å². The highest BCUT2D eigenvalue weighted by molar-refractivity contribution is 5.86. The molecule has 2 aliphatic heterocycles. The molecule has 2 rings (SSSR count). The highest BCUT2D eigenvalue weighted by Crippen LogP contribution is 2.32. The normalized spacial score (nSPS) is 35.5. The molecular formula is C14H24N2O3. The zero-order valence-electron chi connectivity index (χ0n) is 12.1. The summed E-state index contributed by atoms with van der Waals surface area (Å²) in [7, 11) is 0. The average molecular weight is 268 g/mol. The first kappa shape index (κ1) is 14.2. The Morgan fingerprint density at radius 2 is 1.89 bits per heavy atom. The van der Waals surface area contributed by atoms with Crippen molar-refractivity contribution in [2.75, 3.05) is 13.1 Å². The van der Waals surface area contributed by atoms with E-state index in [9.17, 15) is 14.7 Å². The molecule has 19 heavy (non-hydrogen) atoms. The number of aliphatic carboxylic acids is 1. The van der Waals surface area contributed by atoms with E-state index >= 15 is 0 Å². The molecule has 1 N–H and O–H groups in total. The molecular weight excluding hydrogens is 244 g/mol. The van der Waals surface area contributed by atoms with E-state index in [2.05, 4.69) is 13.8 Å². The zero-order valence-corrected chi connectivity index (χ0v) is 12.1. The maximum Gasteiger partial charge on any atom is 0.329 e. The summed E-state index contributed by atoms with van der Waals surface area (Å²) in [5.74, 6) is -0.410. The third-order valence-electron chi connectivity index (χ3n) is 4.95. The Balaban J connectivity index is 2.17. The molecule has 0 bridgehead atoms. The third kappa shape index (κ3) is 2.30. The van der Waals surface area contributed by atoms with Crippen LogP contribution in [0.5, 0.6) is 0 Å². The number of rotatable bonds is 1. The van der Waals surface area contributed by atoms with Crippen molar-refractivity contribution in [2.45, 2.75) is 58.0 Å². The fraction of sp³-hybridized carbons (Fsp3) is 0.857. The number of nitrogens with zero attached hydrogens (tertiary/aromatic N) is 2. The molecule has 108 valence electrons. The first-order valence-corrected chi connectivity index (χ1v) is 7.19. The van der Waals surface area contributed by atoms with Gasteiger partial charge in [-0.25, -0.2) is 9.59 Å². The van der Waals surface area contributed by atoms with Crippen LogP contribution in [0.3, 0.4) is 0 Å². The molecule has 0 aliphatic carbocycles. The van der Waals surface area contributed by atoms with Gasteiger partial charge in [-0.1, -0.05) is 6.92 Å². The molecule has 0 saturated carbocycles. The van der Waals surface area contributed by atoms with Gasteiger partial charge in [0.2, 0.25) is 0 Å². The minimum Gasteiger partial charge on any atom is -0.480 e. The third-order valence-corrected chi connectivity index (χ3v) is 4.95. The Morgan fingerprint density at radius 3 is 2.53 bits per heavy atom. The highest BCUT2D eigenvalue weighted by atomic mass is 16.4. The van der Waals surface area contributed by atoms with Crippen molar-refractivity contribution in [3.05, 3.63) is 0 Å². The number of carbonyl (C=O) groups excluding carboxylic acids is 1. The molecule has 2 heterocycles. The number of piperidine rings is 1. The molecule has 3 unspecified atom stereocenters. The Kier molecular flexibility index (Phi) is 3.74. The van der Waals surface area contributed by atoms with Gasteiger partial charge in [0.1, 0.15) is 5.54 Å². The highest BCUT2D eigenvalue weighted by Gasteiger charge is 2.48. The van der Waals surface area contributed by atoms with Crippen LogP contribution in [0.25, 0.3) is 0 Å². The lowest BCUT2D eigenvalue weighted by Gasteiger charge is -2.42. The number of hydrogen-bond donors (Lipinski definition) is 1. The lowest BCUT2D eigenvalue weighted by Crippen LogP contribution is -2.58. The predicted octanol–water partition coefficient (Wildman–Crippen LogP) is 2.17. The summed E-state index contributed by atoms with van der Waals surface area (Å²) < 4.78 is 0. The molecule has 0 radical (unpaired) electrons. The second-order valence-electron chi connectivity index (χ2n) is 6.17. The van der Waals surface area contributed by atoms with Gasteiger partial charge in [0.15, 0.2) is 0 Å². The van der Waals surface area contributed by atoms with Crippen LogP contribution in [-0.2, 0) is 4.79 Å². The van der Waals surface area contributed by atoms with Crippen LogP contribution in [0.4, 0.5) is 4.79 Å². The van der Waals surface area contributed by atoms with Crippen molar-refractivity contribution in [3.63, 3.8) is 0 Å². The second-order valence-corrected chi connectivity index (χ2v) is 6.17. The van der Waals surface area contributed by atoms with Crippen LogP contribution in [0, 0.1) is 5.92 Å². The molecule has 5 heteroatoms. The fourth-order valence-electron chi connectivity index (χ4n) is 3.25. The Labute approximate surface area is 114 Å². The molecule has 2 aliphatic rings. The summed E-state index contributed by atoms with van der Waals surface area (Å²) in [5, 5.41) is 9.40. The van der Waals surface area contributed by atoms with Gasteiger partial charge in [-0.2, -0.15) is 0 Å². The minimum atomic E-state index is -1.03. The molecule has 0 aromatic heterocycles. The first-order valence-electron chi connectivity index (χ1n) is 7.19. The quantitative estimate of drug-likeness (QED) is 0.792. The standard InChI is InChI=1S/C14H24N2O3/c1-10-6-4-8-15(11(10)2)13(19)16-9-5-7-14(16,3)12(17)18/h10-11H,4-9H2,1-3H3,(H,17,18). The van der Waals surface area contributed by atoms with Crippen LogP contribution >= 0.6 is 0 Å². The van der Waals surface area contributed by atoms with Crippen molar-refractivity contribution in [1.29, 1.82) is 0 Å². The van der Waals surface area contributed by atoms with E-state index in [0.29, 0.717) is 18.9 Å². The van der Waals surface area contributed by atoms with Crippen molar-refractivity contribution in [3.8, 4) is 0 Å². The molecule has 0 aromatic carbocycles. The number of urea groups is 1. The first-order chi connectivity index (χ1) is 8.88. The van der Waals surface area contributed by atoms with Gasteiger partial charge >= 0.3 is 12.0 Å². The molecule has 2 fully saturated rings. The van der Waals surface area contributed by atoms with Crippen LogP contribution < -0.4 is 0 Å². The van der Waals surface area contributed by atoms with Gasteiger partial charge in [-0.05, 0) is 45.4 Å². The van der Waals surface area contributed by atoms with Gasteiger partial charge in [0, 0.05) is 19.1 Å². The lowest BCUT2D eigenvalue weighted by atomic mass is 9.92. The van der Waals surface area contributed by atoms with Crippen molar-refractivity contribution in [2.24, 2.45) is 5.92 Å². The van der Waals surface area contributed by atoms with Gasteiger partial charge in [0.05, 0.1) is 0 Å². The second kappa shape index (κ2) is 5.02. The van der Waals surface area contributed by atoms with Gasteiger partial charge < -0.3 is 14.9 Å².